The van der Waals surface area contributed by atoms with Gasteiger partial charge < -0.3 is 19.7 Å². The summed E-state index contributed by atoms with van der Waals surface area (Å²) < 4.78 is 11.0. The molecule has 0 radical (unpaired) electrons. The van der Waals surface area contributed by atoms with Gasteiger partial charge in [0.25, 0.3) is 0 Å². The highest BCUT2D eigenvalue weighted by Gasteiger charge is 2.26. The molecule has 0 atom stereocenters. The van der Waals surface area contributed by atoms with E-state index < -0.39 is 0 Å². The molecule has 2 aliphatic heterocycles. The van der Waals surface area contributed by atoms with E-state index >= 15 is 0 Å². The van der Waals surface area contributed by atoms with Crippen molar-refractivity contribution in [1.82, 2.24) is 0 Å². The van der Waals surface area contributed by atoms with Crippen LogP contribution in [0.4, 0.5) is 11.4 Å². The zero-order chi connectivity index (χ0) is 18.1. The Morgan fingerprint density at radius 2 is 1.92 bits per heavy atom. The third-order valence-electron chi connectivity index (χ3n) is 4.02. The Bertz CT molecular complexity index is 889. The minimum absolute atomic E-state index is 0.0822. The van der Waals surface area contributed by atoms with E-state index in [-0.39, 0.29) is 18.4 Å². The lowest BCUT2D eigenvalue weighted by atomic mass is 10.2. The van der Waals surface area contributed by atoms with Gasteiger partial charge in [-0.3, -0.25) is 9.59 Å². The Labute approximate surface area is 159 Å². The summed E-state index contributed by atoms with van der Waals surface area (Å²) in [7, 11) is 0. The van der Waals surface area contributed by atoms with Crippen LogP contribution >= 0.6 is 23.4 Å². The number of thioether (sulfide) groups is 1. The lowest BCUT2D eigenvalue weighted by Gasteiger charge is -2.28. The van der Waals surface area contributed by atoms with E-state index in [1.54, 1.807) is 12.1 Å². The van der Waals surface area contributed by atoms with Crippen LogP contribution in [0.5, 0.6) is 11.5 Å². The molecule has 4 rings (SSSR count). The molecular weight excluding hydrogens is 376 g/mol. The molecule has 6 nitrogen and oxygen atoms in total. The smallest absolute Gasteiger partial charge is 0.244 e. The monoisotopic (exact) mass is 390 g/mol. The van der Waals surface area contributed by atoms with Gasteiger partial charge in [0, 0.05) is 17.0 Å². The summed E-state index contributed by atoms with van der Waals surface area (Å²) in [5.41, 5.74) is 1.17. The normalized spacial score (nSPS) is 15.4. The van der Waals surface area contributed by atoms with Crippen LogP contribution in [0.25, 0.3) is 0 Å². The second-order valence-corrected chi connectivity index (χ2v) is 7.18. The molecule has 0 unspecified atom stereocenters. The summed E-state index contributed by atoms with van der Waals surface area (Å²) in [6.07, 6.45) is 0. The number of halogens is 1. The largest absolute Gasteiger partial charge is 0.486 e. The van der Waals surface area contributed by atoms with Gasteiger partial charge in [-0.25, -0.2) is 0 Å². The number of amides is 2. The van der Waals surface area contributed by atoms with Gasteiger partial charge in [-0.1, -0.05) is 23.7 Å². The first-order valence-electron chi connectivity index (χ1n) is 8.03. The third kappa shape index (κ3) is 3.32. The number of fused-ring (bicyclic) bond motifs is 2. The van der Waals surface area contributed by atoms with Crippen LogP contribution in [-0.4, -0.2) is 37.3 Å². The Morgan fingerprint density at radius 3 is 2.73 bits per heavy atom. The van der Waals surface area contributed by atoms with Gasteiger partial charge in [0.1, 0.15) is 19.8 Å². The molecule has 26 heavy (non-hydrogen) atoms. The molecule has 0 saturated carbocycles. The van der Waals surface area contributed by atoms with Crippen LogP contribution in [0.2, 0.25) is 5.02 Å². The van der Waals surface area contributed by atoms with E-state index in [4.69, 9.17) is 21.1 Å². The van der Waals surface area contributed by atoms with Crippen LogP contribution in [0, 0.1) is 0 Å². The first-order chi connectivity index (χ1) is 12.6. The first-order valence-corrected chi connectivity index (χ1v) is 9.39. The summed E-state index contributed by atoms with van der Waals surface area (Å²) in [4.78, 5) is 27.3. The van der Waals surface area contributed by atoms with E-state index in [0.29, 0.717) is 41.2 Å². The average Bonchev–Trinajstić information content (AvgIpc) is 2.65. The number of nitrogens with one attached hydrogen (secondary N) is 1. The van der Waals surface area contributed by atoms with Gasteiger partial charge in [-0.15, -0.1) is 11.8 Å². The van der Waals surface area contributed by atoms with Gasteiger partial charge in [-0.2, -0.15) is 0 Å². The average molecular weight is 391 g/mol. The number of carbonyl (C=O) groups excluding carboxylic acids is 2. The molecule has 1 N–H and O–H groups in total. The molecule has 2 aromatic rings. The number of hydrogen-bond donors (Lipinski definition) is 1. The summed E-state index contributed by atoms with van der Waals surface area (Å²) in [5, 5.41) is 3.10. The van der Waals surface area contributed by atoms with Crippen molar-refractivity contribution in [2.75, 3.05) is 35.7 Å². The highest BCUT2D eigenvalue weighted by Crippen LogP contribution is 2.38. The Balaban J connectivity index is 1.52. The zero-order valence-corrected chi connectivity index (χ0v) is 15.2. The Hall–Kier alpha value is -2.38. The minimum Gasteiger partial charge on any atom is -0.486 e. The molecule has 2 aliphatic rings. The quantitative estimate of drug-likeness (QED) is 0.871. The van der Waals surface area contributed by atoms with Crippen LogP contribution in [0.15, 0.2) is 41.3 Å². The van der Waals surface area contributed by atoms with Crippen LogP contribution in [-0.2, 0) is 9.59 Å². The highest BCUT2D eigenvalue weighted by atomic mass is 35.5. The number of benzene rings is 2. The van der Waals surface area contributed by atoms with Crippen LogP contribution in [0.3, 0.4) is 0 Å². The Kier molecular flexibility index (Phi) is 4.65. The molecule has 0 aromatic heterocycles. The molecule has 0 bridgehead atoms. The standard InChI is InChI=1S/C18H15ClN2O4S/c19-11-7-14-15(25-6-5-24-14)8-12(11)20-17(22)9-21-13-3-1-2-4-16(13)26-10-18(21)23/h1-4,7-8H,5-6,9-10H2,(H,20,22). The number of nitrogens with zero attached hydrogens (tertiary/aromatic N) is 1. The fraction of sp³-hybridized carbons (Fsp3) is 0.222. The topological polar surface area (TPSA) is 67.9 Å². The first kappa shape index (κ1) is 17.1. The zero-order valence-electron chi connectivity index (χ0n) is 13.7. The van der Waals surface area contributed by atoms with E-state index in [0.717, 1.165) is 10.6 Å². The maximum absolute atomic E-state index is 12.5. The molecule has 134 valence electrons. The fourth-order valence-electron chi connectivity index (χ4n) is 2.82. The van der Waals surface area contributed by atoms with Gasteiger partial charge in [0.05, 0.1) is 22.2 Å². The van der Waals surface area contributed by atoms with Crippen molar-refractivity contribution in [2.45, 2.75) is 4.90 Å². The number of hydrogen-bond acceptors (Lipinski definition) is 5. The predicted octanol–water partition coefficient (Wildman–Crippen LogP) is 3.19. The van der Waals surface area contributed by atoms with Crippen molar-refractivity contribution in [3.05, 3.63) is 41.4 Å². The van der Waals surface area contributed by atoms with Gasteiger partial charge >= 0.3 is 0 Å². The number of ether oxygens (including phenoxy) is 2. The second-order valence-electron chi connectivity index (χ2n) is 5.76. The molecule has 2 aromatic carbocycles. The molecule has 2 heterocycles. The summed E-state index contributed by atoms with van der Waals surface area (Å²) in [6, 6.07) is 10.8. The van der Waals surface area contributed by atoms with Crippen molar-refractivity contribution >= 4 is 46.6 Å². The Morgan fingerprint density at radius 1 is 1.19 bits per heavy atom. The van der Waals surface area contributed by atoms with Crippen molar-refractivity contribution in [2.24, 2.45) is 0 Å². The maximum atomic E-state index is 12.5. The lowest BCUT2D eigenvalue weighted by Crippen LogP contribution is -2.41. The number of anilines is 2. The fourth-order valence-corrected chi connectivity index (χ4v) is 3.96. The van der Waals surface area contributed by atoms with Crippen molar-refractivity contribution in [1.29, 1.82) is 0 Å². The second kappa shape index (κ2) is 7.09. The minimum atomic E-state index is -0.335. The van der Waals surface area contributed by atoms with Crippen molar-refractivity contribution in [3.63, 3.8) is 0 Å². The molecule has 2 amide bonds. The van der Waals surface area contributed by atoms with Crippen molar-refractivity contribution in [3.8, 4) is 11.5 Å². The van der Waals surface area contributed by atoms with Gasteiger partial charge in [0.15, 0.2) is 11.5 Å². The van der Waals surface area contributed by atoms with Gasteiger partial charge in [0.2, 0.25) is 11.8 Å². The highest BCUT2D eigenvalue weighted by molar-refractivity contribution is 8.00. The third-order valence-corrected chi connectivity index (χ3v) is 5.38. The summed E-state index contributed by atoms with van der Waals surface area (Å²) in [6.45, 7) is 0.823. The number of rotatable bonds is 3. The summed E-state index contributed by atoms with van der Waals surface area (Å²) in [5.74, 6) is 0.966. The van der Waals surface area contributed by atoms with Crippen molar-refractivity contribution < 1.29 is 19.1 Å². The number of carbonyl (C=O) groups is 2. The molecule has 0 aliphatic carbocycles. The van der Waals surface area contributed by atoms with E-state index in [1.165, 1.54) is 16.7 Å². The maximum Gasteiger partial charge on any atom is 0.244 e. The van der Waals surface area contributed by atoms with E-state index in [2.05, 4.69) is 5.32 Å². The molecule has 0 saturated heterocycles. The lowest BCUT2D eigenvalue weighted by molar-refractivity contribution is -0.120. The van der Waals surface area contributed by atoms with E-state index in [1.807, 2.05) is 24.3 Å². The molecule has 0 spiro atoms. The van der Waals surface area contributed by atoms with Gasteiger partial charge in [-0.05, 0) is 12.1 Å². The molecule has 8 heteroatoms. The van der Waals surface area contributed by atoms with E-state index in [9.17, 15) is 9.59 Å². The number of para-hydroxylation sites is 1. The molecular formula is C18H15ClN2O4S. The van der Waals surface area contributed by atoms with Crippen LogP contribution < -0.4 is 19.7 Å². The van der Waals surface area contributed by atoms with Crippen LogP contribution in [0.1, 0.15) is 0 Å². The SMILES string of the molecule is O=C(CN1C(=O)CSc2ccccc21)Nc1cc2c(cc1Cl)OCCO2. The summed E-state index contributed by atoms with van der Waals surface area (Å²) >= 11 is 7.70. The predicted molar refractivity (Wildman–Crippen MR) is 101 cm³/mol. The molecule has 0 fully saturated rings.